The van der Waals surface area contributed by atoms with Crippen molar-refractivity contribution >= 4 is 39.5 Å². The van der Waals surface area contributed by atoms with Crippen molar-refractivity contribution < 1.29 is 80.2 Å². The molecule has 0 bridgehead atoms. The predicted octanol–water partition coefficient (Wildman–Crippen LogP) is 23.0. The van der Waals surface area contributed by atoms with E-state index in [1.54, 1.807) is 0 Å². The topological polar surface area (TPSA) is 237 Å². The van der Waals surface area contributed by atoms with Gasteiger partial charge in [-0.25, -0.2) is 9.13 Å². The number of carbonyl (C=O) groups excluding carboxylic acids is 4. The molecule has 3 unspecified atom stereocenters. The largest absolute Gasteiger partial charge is 0.472 e. The number of rotatable bonds is 76. The van der Waals surface area contributed by atoms with Crippen molar-refractivity contribution in [3.8, 4) is 0 Å². The maximum atomic E-state index is 13.1. The minimum atomic E-state index is -4.96. The standard InChI is InChI=1S/C78H152O17P2/c1-8-10-11-12-13-14-15-16-19-23-26-29-38-45-52-59-75(80)88-65-73(94-77(82)61-54-47-40-30-27-24-21-18-17-20-22-25-28-35-42-49-56-69(3)4)67-92-96(84,85)90-63-72(79)64-91-97(86,87)93-68-74(66-89-76(81)60-53-46-39-33-31-36-43-50-57-70(5)6)95-78(83)62-55-48-41-34-32-37-44-51-58-71(7)9-2/h69-74,79H,8-68H2,1-7H3,(H,84,85)(H,86,87)/t71?,72-,73-,74-/m1/s1. The average molecular weight is 1420 g/mol. The van der Waals surface area contributed by atoms with Gasteiger partial charge in [-0.3, -0.25) is 37.3 Å². The molecule has 3 N–H and O–H groups in total. The molecule has 0 amide bonds. The molecule has 17 nitrogen and oxygen atoms in total. The van der Waals surface area contributed by atoms with Crippen LogP contribution in [0.1, 0.15) is 402 Å². The molecule has 19 heteroatoms. The molecular weight excluding hydrogens is 1270 g/mol. The van der Waals surface area contributed by atoms with Crippen molar-refractivity contribution in [2.75, 3.05) is 39.6 Å². The normalized spacial score (nSPS) is 14.3. The van der Waals surface area contributed by atoms with E-state index in [9.17, 15) is 43.2 Å². The minimum absolute atomic E-state index is 0.104. The highest BCUT2D eigenvalue weighted by Crippen LogP contribution is 2.45. The van der Waals surface area contributed by atoms with Crippen molar-refractivity contribution in [2.45, 2.75) is 420 Å². The van der Waals surface area contributed by atoms with E-state index >= 15 is 0 Å². The van der Waals surface area contributed by atoms with Crippen molar-refractivity contribution in [1.29, 1.82) is 0 Å². The Balaban J connectivity index is 5.25. The van der Waals surface area contributed by atoms with Gasteiger partial charge in [0.1, 0.15) is 19.3 Å². The Labute approximate surface area is 594 Å². The Morgan fingerprint density at radius 3 is 0.784 bits per heavy atom. The fourth-order valence-electron chi connectivity index (χ4n) is 11.9. The van der Waals surface area contributed by atoms with Crippen LogP contribution in [0.15, 0.2) is 0 Å². The smallest absolute Gasteiger partial charge is 0.462 e. The van der Waals surface area contributed by atoms with Gasteiger partial charge in [0.2, 0.25) is 0 Å². The number of phosphoric acid groups is 2. The van der Waals surface area contributed by atoms with E-state index in [4.69, 9.17) is 37.0 Å². The van der Waals surface area contributed by atoms with Gasteiger partial charge in [0, 0.05) is 25.7 Å². The summed E-state index contributed by atoms with van der Waals surface area (Å²) in [6, 6.07) is 0. The Morgan fingerprint density at radius 1 is 0.299 bits per heavy atom. The molecule has 0 aromatic rings. The van der Waals surface area contributed by atoms with E-state index in [1.807, 2.05) is 0 Å². The molecule has 0 spiro atoms. The van der Waals surface area contributed by atoms with Gasteiger partial charge in [0.25, 0.3) is 0 Å². The molecule has 0 aromatic carbocycles. The Hall–Kier alpha value is -1.94. The Bertz CT molecular complexity index is 1890. The van der Waals surface area contributed by atoms with Crippen LogP contribution in [0.25, 0.3) is 0 Å². The molecule has 0 radical (unpaired) electrons. The first kappa shape index (κ1) is 95.1. The molecule has 97 heavy (non-hydrogen) atoms. The van der Waals surface area contributed by atoms with E-state index in [1.165, 1.54) is 212 Å². The third kappa shape index (κ3) is 70.9. The van der Waals surface area contributed by atoms with Gasteiger partial charge >= 0.3 is 39.5 Å². The molecule has 0 aliphatic rings. The second-order valence-corrected chi connectivity index (χ2v) is 32.2. The van der Waals surface area contributed by atoms with Crippen LogP contribution in [0.5, 0.6) is 0 Å². The summed E-state index contributed by atoms with van der Waals surface area (Å²) in [4.78, 5) is 72.9. The van der Waals surface area contributed by atoms with Gasteiger partial charge in [-0.05, 0) is 43.4 Å². The molecule has 0 saturated heterocycles. The average Bonchev–Trinajstić information content (AvgIpc) is 2.22. The number of aliphatic hydroxyl groups excluding tert-OH is 1. The van der Waals surface area contributed by atoms with Crippen LogP contribution in [0.2, 0.25) is 0 Å². The molecule has 0 heterocycles. The highest BCUT2D eigenvalue weighted by atomic mass is 31.2. The van der Waals surface area contributed by atoms with E-state index < -0.39 is 97.5 Å². The number of phosphoric ester groups is 2. The summed E-state index contributed by atoms with van der Waals surface area (Å²) < 4.78 is 68.6. The first-order valence-electron chi connectivity index (χ1n) is 40.4. The summed E-state index contributed by atoms with van der Waals surface area (Å²) in [7, 11) is -9.92. The maximum Gasteiger partial charge on any atom is 0.472 e. The lowest BCUT2D eigenvalue weighted by molar-refractivity contribution is -0.161. The van der Waals surface area contributed by atoms with E-state index in [0.29, 0.717) is 25.7 Å². The van der Waals surface area contributed by atoms with Gasteiger partial charge in [0.15, 0.2) is 12.2 Å². The van der Waals surface area contributed by atoms with Crippen molar-refractivity contribution in [3.05, 3.63) is 0 Å². The van der Waals surface area contributed by atoms with Crippen LogP contribution < -0.4 is 0 Å². The van der Waals surface area contributed by atoms with Crippen LogP contribution in [-0.4, -0.2) is 96.7 Å². The molecule has 0 rings (SSSR count). The monoisotopic (exact) mass is 1420 g/mol. The summed E-state index contributed by atoms with van der Waals surface area (Å²) in [6.07, 6.45) is 55.5. The van der Waals surface area contributed by atoms with Crippen LogP contribution in [0, 0.1) is 17.8 Å². The van der Waals surface area contributed by atoms with Crippen LogP contribution in [0.3, 0.4) is 0 Å². The van der Waals surface area contributed by atoms with Gasteiger partial charge in [-0.15, -0.1) is 0 Å². The predicted molar refractivity (Wildman–Crippen MR) is 395 cm³/mol. The van der Waals surface area contributed by atoms with Gasteiger partial charge < -0.3 is 33.8 Å². The lowest BCUT2D eigenvalue weighted by Gasteiger charge is -2.21. The maximum absolute atomic E-state index is 13.1. The van der Waals surface area contributed by atoms with E-state index in [2.05, 4.69) is 48.5 Å². The van der Waals surface area contributed by atoms with Gasteiger partial charge in [0.05, 0.1) is 26.4 Å². The Morgan fingerprint density at radius 2 is 0.526 bits per heavy atom. The molecule has 0 aliphatic carbocycles. The van der Waals surface area contributed by atoms with Crippen molar-refractivity contribution in [1.82, 2.24) is 0 Å². The number of esters is 4. The quantitative estimate of drug-likeness (QED) is 0.0222. The second-order valence-electron chi connectivity index (χ2n) is 29.3. The zero-order valence-electron chi connectivity index (χ0n) is 63.5. The minimum Gasteiger partial charge on any atom is -0.462 e. The van der Waals surface area contributed by atoms with Gasteiger partial charge in [-0.2, -0.15) is 0 Å². The molecule has 0 aromatic heterocycles. The summed E-state index contributed by atoms with van der Waals surface area (Å²) in [5, 5.41) is 10.6. The first-order valence-corrected chi connectivity index (χ1v) is 43.4. The number of hydrogen-bond acceptors (Lipinski definition) is 15. The fraction of sp³-hybridized carbons (Fsp3) is 0.949. The highest BCUT2D eigenvalue weighted by molar-refractivity contribution is 7.47. The molecule has 0 aliphatic heterocycles. The number of aliphatic hydroxyl groups is 1. The summed E-state index contributed by atoms with van der Waals surface area (Å²) in [5.41, 5.74) is 0. The lowest BCUT2D eigenvalue weighted by Crippen LogP contribution is -2.30. The second kappa shape index (κ2) is 68.5. The molecule has 6 atom stereocenters. The van der Waals surface area contributed by atoms with Crippen molar-refractivity contribution in [2.24, 2.45) is 17.8 Å². The van der Waals surface area contributed by atoms with Crippen LogP contribution >= 0.6 is 15.6 Å². The highest BCUT2D eigenvalue weighted by Gasteiger charge is 2.30. The van der Waals surface area contributed by atoms with Crippen molar-refractivity contribution in [3.63, 3.8) is 0 Å². The molecular formula is C78H152O17P2. The number of carbonyl (C=O) groups is 4. The summed E-state index contributed by atoms with van der Waals surface area (Å²) >= 11 is 0. The van der Waals surface area contributed by atoms with Gasteiger partial charge in [-0.1, -0.05) is 350 Å². The fourth-order valence-corrected chi connectivity index (χ4v) is 13.5. The zero-order valence-corrected chi connectivity index (χ0v) is 65.3. The first-order chi connectivity index (χ1) is 46.8. The van der Waals surface area contributed by atoms with Crippen LogP contribution in [-0.2, 0) is 65.4 Å². The Kier molecular flexibility index (Phi) is 67.1. The number of hydrogen-bond donors (Lipinski definition) is 3. The number of unbranched alkanes of at least 4 members (excludes halogenated alkanes) is 43. The third-order valence-electron chi connectivity index (χ3n) is 18.5. The molecule has 576 valence electrons. The van der Waals surface area contributed by atoms with E-state index in [-0.39, 0.29) is 25.7 Å². The summed E-state index contributed by atoms with van der Waals surface area (Å²) in [5.74, 6) is 0.189. The molecule has 0 fully saturated rings. The van der Waals surface area contributed by atoms with E-state index in [0.717, 1.165) is 108 Å². The molecule has 0 saturated carbocycles. The van der Waals surface area contributed by atoms with Crippen LogP contribution in [0.4, 0.5) is 0 Å². The summed E-state index contributed by atoms with van der Waals surface area (Å²) in [6.45, 7) is 11.9. The number of ether oxygens (including phenoxy) is 4. The third-order valence-corrected chi connectivity index (χ3v) is 20.4. The lowest BCUT2D eigenvalue weighted by atomic mass is 9.99. The zero-order chi connectivity index (χ0) is 71.6. The SMILES string of the molecule is CCCCCCCCCCCCCCCCCC(=O)OC[C@H](COP(=O)(O)OC[C@@H](O)COP(=O)(O)OC[C@@H](COC(=O)CCCCCCCCCCC(C)C)OC(=O)CCCCCCCCCCC(C)CC)OC(=O)CCCCCCCCCCCCCCCCCCC(C)C.